The summed E-state index contributed by atoms with van der Waals surface area (Å²) in [5.74, 6) is -0.729. The number of ether oxygens (including phenoxy) is 2. The zero-order valence-corrected chi connectivity index (χ0v) is 15.4. The molecule has 2 heterocycles. The third-order valence-corrected chi connectivity index (χ3v) is 5.39. The molecule has 0 spiro atoms. The van der Waals surface area contributed by atoms with E-state index >= 15 is 0 Å². The summed E-state index contributed by atoms with van der Waals surface area (Å²) in [5.41, 5.74) is -0.999. The second kappa shape index (κ2) is 8.20. The maximum Gasteiger partial charge on any atom is 0.332 e. The number of hydrogen-bond acceptors (Lipinski definition) is 5. The Morgan fingerprint density at radius 3 is 3.04 bits per heavy atom. The lowest BCUT2D eigenvalue weighted by molar-refractivity contribution is -0.150. The molecule has 0 aromatic heterocycles. The summed E-state index contributed by atoms with van der Waals surface area (Å²) in [6.07, 6.45) is 7.79. The van der Waals surface area contributed by atoms with Crippen molar-refractivity contribution >= 4 is 17.8 Å². The van der Waals surface area contributed by atoms with Crippen LogP contribution in [-0.2, 0) is 23.9 Å². The maximum absolute atomic E-state index is 12.9. The lowest BCUT2D eigenvalue weighted by Crippen LogP contribution is -2.53. The first kappa shape index (κ1) is 18.9. The average Bonchev–Trinajstić information content (AvgIpc) is 3.08. The Labute approximate surface area is 154 Å². The van der Waals surface area contributed by atoms with E-state index in [1.807, 2.05) is 12.2 Å². The van der Waals surface area contributed by atoms with E-state index in [9.17, 15) is 14.4 Å². The largest absolute Gasteiger partial charge is 0.464 e. The molecule has 144 valence electrons. The molecular formula is C19H28N2O5. The summed E-state index contributed by atoms with van der Waals surface area (Å²) in [4.78, 5) is 39.5. The summed E-state index contributed by atoms with van der Waals surface area (Å²) in [6.45, 7) is 3.69. The first-order valence-electron chi connectivity index (χ1n) is 9.61. The Morgan fingerprint density at radius 1 is 1.38 bits per heavy atom. The van der Waals surface area contributed by atoms with Crippen molar-refractivity contribution in [2.24, 2.45) is 5.92 Å². The molecular weight excluding hydrogens is 336 g/mol. The van der Waals surface area contributed by atoms with Crippen LogP contribution in [0.25, 0.3) is 0 Å². The third kappa shape index (κ3) is 3.92. The number of carbonyl (C=O) groups is 3. The van der Waals surface area contributed by atoms with Gasteiger partial charge >= 0.3 is 5.97 Å². The van der Waals surface area contributed by atoms with Crippen LogP contribution >= 0.6 is 0 Å². The monoisotopic (exact) mass is 364 g/mol. The van der Waals surface area contributed by atoms with Gasteiger partial charge in [0.15, 0.2) is 0 Å². The van der Waals surface area contributed by atoms with Crippen LogP contribution < -0.4 is 5.32 Å². The number of amides is 2. The van der Waals surface area contributed by atoms with Crippen molar-refractivity contribution in [3.05, 3.63) is 12.2 Å². The van der Waals surface area contributed by atoms with E-state index in [0.29, 0.717) is 39.0 Å². The third-order valence-electron chi connectivity index (χ3n) is 5.39. The number of hydrogen-bond donors (Lipinski definition) is 1. The maximum atomic E-state index is 12.9. The molecule has 26 heavy (non-hydrogen) atoms. The molecule has 1 N–H and O–H groups in total. The fourth-order valence-electron chi connectivity index (χ4n) is 3.85. The second-order valence-corrected chi connectivity index (χ2v) is 7.20. The zero-order valence-electron chi connectivity index (χ0n) is 15.4. The molecule has 0 aromatic rings. The van der Waals surface area contributed by atoms with Gasteiger partial charge in [-0.2, -0.15) is 0 Å². The van der Waals surface area contributed by atoms with E-state index < -0.39 is 17.6 Å². The van der Waals surface area contributed by atoms with Crippen molar-refractivity contribution in [2.75, 3.05) is 26.4 Å². The summed E-state index contributed by atoms with van der Waals surface area (Å²) < 4.78 is 10.7. The standard InChI is InChI=1S/C19H28N2O5/c1-2-26-18(24)19-13-14(19)7-6-12-25-11-4-3-9-16(22)21-10-5-8-15(21)17(23)20-19/h6-7,14-15H,2-5,8-13H2,1H3,(H,20,23)/b7-6-/t14-,15+,19-/m1/s1. The number of rotatable bonds is 2. The fourth-order valence-corrected chi connectivity index (χ4v) is 3.85. The lowest BCUT2D eigenvalue weighted by Gasteiger charge is -2.26. The number of nitrogens with one attached hydrogen (secondary N) is 1. The molecule has 7 heteroatoms. The van der Waals surface area contributed by atoms with Gasteiger partial charge in [0.1, 0.15) is 11.6 Å². The predicted octanol–water partition coefficient (Wildman–Crippen LogP) is 1.17. The molecule has 1 aliphatic carbocycles. The highest BCUT2D eigenvalue weighted by atomic mass is 16.5. The Bertz CT molecular complexity index is 590. The van der Waals surface area contributed by atoms with Crippen LogP contribution in [0.2, 0.25) is 0 Å². The molecule has 1 saturated carbocycles. The van der Waals surface area contributed by atoms with E-state index in [1.54, 1.807) is 11.8 Å². The molecule has 3 aliphatic rings. The van der Waals surface area contributed by atoms with E-state index in [0.717, 1.165) is 19.3 Å². The van der Waals surface area contributed by atoms with Gasteiger partial charge < -0.3 is 19.7 Å². The SMILES string of the molecule is CCOC(=O)[C@@]12C[C@H]1/C=C\COCCCCC(=O)N1CCC[C@H]1C(=O)N2. The van der Waals surface area contributed by atoms with E-state index in [4.69, 9.17) is 9.47 Å². The van der Waals surface area contributed by atoms with Gasteiger partial charge in [-0.3, -0.25) is 9.59 Å². The minimum Gasteiger partial charge on any atom is -0.464 e. The molecule has 2 aliphatic heterocycles. The van der Waals surface area contributed by atoms with Gasteiger partial charge in [-0.1, -0.05) is 12.2 Å². The zero-order chi connectivity index (χ0) is 18.6. The lowest BCUT2D eigenvalue weighted by atomic mass is 10.1. The van der Waals surface area contributed by atoms with Crippen molar-refractivity contribution in [3.8, 4) is 0 Å². The summed E-state index contributed by atoms with van der Waals surface area (Å²) in [5, 5.41) is 2.91. The Morgan fingerprint density at radius 2 is 2.23 bits per heavy atom. The number of nitrogens with zero attached hydrogens (tertiary/aromatic N) is 1. The highest BCUT2D eigenvalue weighted by molar-refractivity contribution is 5.95. The first-order valence-corrected chi connectivity index (χ1v) is 9.61. The number of carbonyl (C=O) groups excluding carboxylic acids is 3. The van der Waals surface area contributed by atoms with E-state index in [-0.39, 0.29) is 24.3 Å². The molecule has 2 fully saturated rings. The normalized spacial score (nSPS) is 34.0. The minimum absolute atomic E-state index is 0.00757. The van der Waals surface area contributed by atoms with Crippen molar-refractivity contribution < 1.29 is 23.9 Å². The summed E-state index contributed by atoms with van der Waals surface area (Å²) >= 11 is 0. The highest BCUT2D eigenvalue weighted by Crippen LogP contribution is 2.46. The van der Waals surface area contributed by atoms with Crippen LogP contribution in [0.4, 0.5) is 0 Å². The van der Waals surface area contributed by atoms with Crippen LogP contribution in [0.1, 0.15) is 45.4 Å². The van der Waals surface area contributed by atoms with Crippen LogP contribution in [-0.4, -0.2) is 60.6 Å². The van der Waals surface area contributed by atoms with Crippen LogP contribution in [0, 0.1) is 5.92 Å². The smallest absolute Gasteiger partial charge is 0.332 e. The van der Waals surface area contributed by atoms with Crippen LogP contribution in [0.3, 0.4) is 0 Å². The van der Waals surface area contributed by atoms with Gasteiger partial charge in [0.05, 0.1) is 13.2 Å². The van der Waals surface area contributed by atoms with Crippen molar-refractivity contribution in [3.63, 3.8) is 0 Å². The quantitative estimate of drug-likeness (QED) is 0.587. The Kier molecular flexibility index (Phi) is 5.96. The fraction of sp³-hybridized carbons (Fsp3) is 0.737. The van der Waals surface area contributed by atoms with Gasteiger partial charge in [-0.15, -0.1) is 0 Å². The first-order chi connectivity index (χ1) is 12.6. The van der Waals surface area contributed by atoms with Gasteiger partial charge in [-0.25, -0.2) is 4.79 Å². The molecule has 2 amide bonds. The van der Waals surface area contributed by atoms with Crippen LogP contribution in [0.15, 0.2) is 12.2 Å². The summed E-state index contributed by atoms with van der Waals surface area (Å²) in [6, 6.07) is -0.486. The molecule has 1 saturated heterocycles. The van der Waals surface area contributed by atoms with E-state index in [2.05, 4.69) is 5.32 Å². The predicted molar refractivity (Wildman–Crippen MR) is 94.2 cm³/mol. The van der Waals surface area contributed by atoms with Crippen molar-refractivity contribution in [2.45, 2.75) is 57.0 Å². The summed E-state index contributed by atoms with van der Waals surface area (Å²) in [7, 11) is 0. The number of esters is 1. The topological polar surface area (TPSA) is 84.9 Å². The Hall–Kier alpha value is -1.89. The number of fused-ring (bicyclic) bond motifs is 2. The average molecular weight is 364 g/mol. The van der Waals surface area contributed by atoms with Gasteiger partial charge in [0.2, 0.25) is 11.8 Å². The van der Waals surface area contributed by atoms with Gasteiger partial charge in [0, 0.05) is 25.5 Å². The van der Waals surface area contributed by atoms with Gasteiger partial charge in [0.25, 0.3) is 0 Å². The molecule has 7 nitrogen and oxygen atoms in total. The van der Waals surface area contributed by atoms with Crippen LogP contribution in [0.5, 0.6) is 0 Å². The second-order valence-electron chi connectivity index (χ2n) is 7.20. The molecule has 3 atom stereocenters. The molecule has 0 unspecified atom stereocenters. The minimum atomic E-state index is -0.999. The molecule has 3 rings (SSSR count). The van der Waals surface area contributed by atoms with Crippen molar-refractivity contribution in [1.82, 2.24) is 10.2 Å². The molecule has 0 bridgehead atoms. The molecule has 0 aromatic carbocycles. The van der Waals surface area contributed by atoms with Crippen molar-refractivity contribution in [1.29, 1.82) is 0 Å². The molecule has 0 radical (unpaired) electrons. The Balaban J connectivity index is 1.78. The highest BCUT2D eigenvalue weighted by Gasteiger charge is 2.61. The van der Waals surface area contributed by atoms with Gasteiger partial charge in [-0.05, 0) is 39.0 Å². The van der Waals surface area contributed by atoms with E-state index in [1.165, 1.54) is 0 Å².